The highest BCUT2D eigenvalue weighted by Crippen LogP contribution is 2.19. The van der Waals surface area contributed by atoms with Crippen molar-refractivity contribution in [1.29, 1.82) is 0 Å². The van der Waals surface area contributed by atoms with Crippen molar-refractivity contribution in [2.45, 2.75) is 6.92 Å². The average Bonchev–Trinajstić information content (AvgIpc) is 3.17. The molecule has 0 spiro atoms. The zero-order valence-corrected chi connectivity index (χ0v) is 16.1. The number of hydrogen-bond donors (Lipinski definition) is 2. The number of nitrogens with zero attached hydrogens (tertiary/aromatic N) is 3. The molecule has 0 atom stereocenters. The molecule has 0 aliphatic heterocycles. The average molecular weight is 405 g/mol. The lowest BCUT2D eigenvalue weighted by atomic mass is 10.2. The number of nitrogens with two attached hydrogens (primary N) is 1. The van der Waals surface area contributed by atoms with Crippen LogP contribution in [0.1, 0.15) is 25.9 Å². The van der Waals surface area contributed by atoms with Crippen molar-refractivity contribution in [3.63, 3.8) is 0 Å². The van der Waals surface area contributed by atoms with Crippen LogP contribution in [0.2, 0.25) is 0 Å². The number of para-hydroxylation sites is 1. The third-order valence-electron chi connectivity index (χ3n) is 4.30. The maximum Gasteiger partial charge on any atom is 0.265 e. The number of primary amides is 1. The van der Waals surface area contributed by atoms with Gasteiger partial charge in [0.1, 0.15) is 10.7 Å². The molecule has 9 heteroatoms. The molecule has 3 N–H and O–H groups in total. The summed E-state index contributed by atoms with van der Waals surface area (Å²) in [6.07, 6.45) is 1.31. The molecule has 0 radical (unpaired) electrons. The molecule has 144 valence electrons. The third kappa shape index (κ3) is 3.50. The van der Waals surface area contributed by atoms with Gasteiger partial charge in [-0.2, -0.15) is 0 Å². The molecule has 0 saturated heterocycles. The lowest BCUT2D eigenvalue weighted by Gasteiger charge is -2.11. The number of aryl methyl sites for hydroxylation is 1. The van der Waals surface area contributed by atoms with E-state index in [-0.39, 0.29) is 21.5 Å². The molecule has 0 saturated carbocycles. The summed E-state index contributed by atoms with van der Waals surface area (Å²) in [4.78, 5) is 45.1. The van der Waals surface area contributed by atoms with Crippen LogP contribution in [0.3, 0.4) is 0 Å². The number of anilines is 1. The first kappa shape index (κ1) is 18.5. The Labute approximate surface area is 168 Å². The van der Waals surface area contributed by atoms with Crippen LogP contribution in [-0.4, -0.2) is 26.3 Å². The Morgan fingerprint density at radius 2 is 1.83 bits per heavy atom. The Bertz CT molecular complexity index is 1310. The number of rotatable bonds is 4. The number of fused-ring (bicyclic) bond motifs is 1. The van der Waals surface area contributed by atoms with Gasteiger partial charge in [0.25, 0.3) is 17.4 Å². The number of nitrogens with one attached hydrogen (secondary N) is 1. The lowest BCUT2D eigenvalue weighted by molar-refractivity contribution is 0.100. The molecule has 0 unspecified atom stereocenters. The van der Waals surface area contributed by atoms with Crippen LogP contribution < -0.4 is 16.6 Å². The van der Waals surface area contributed by atoms with Gasteiger partial charge in [0.15, 0.2) is 5.13 Å². The predicted octanol–water partition coefficient (Wildman–Crippen LogP) is 2.50. The molecule has 8 nitrogen and oxygen atoms in total. The fraction of sp³-hybridized carbons (Fsp3) is 0.0500. The van der Waals surface area contributed by atoms with E-state index in [4.69, 9.17) is 5.73 Å². The highest BCUT2D eigenvalue weighted by atomic mass is 32.1. The molecule has 0 bridgehead atoms. The van der Waals surface area contributed by atoms with Crippen molar-refractivity contribution in [3.05, 3.63) is 81.3 Å². The summed E-state index contributed by atoms with van der Waals surface area (Å²) < 4.78 is 1.50. The monoisotopic (exact) mass is 405 g/mol. The molecule has 2 amide bonds. The minimum Gasteiger partial charge on any atom is -0.365 e. The number of amides is 2. The SMILES string of the molecule is Cc1nc2ccccc2c(=O)n1-c1ccc(C(=O)Nc2ncc(C(N)=O)s2)cc1. The summed E-state index contributed by atoms with van der Waals surface area (Å²) in [5, 5.41) is 3.42. The largest absolute Gasteiger partial charge is 0.365 e. The third-order valence-corrected chi connectivity index (χ3v) is 5.23. The Hall–Kier alpha value is -3.85. The standard InChI is InChI=1S/C20H15N5O3S/c1-11-23-15-5-3-2-4-14(15)19(28)25(11)13-8-6-12(7-9-13)18(27)24-20-22-10-16(29-20)17(21)26/h2-10H,1H3,(H2,21,26)(H,22,24,27). The van der Waals surface area contributed by atoms with E-state index in [9.17, 15) is 14.4 Å². The summed E-state index contributed by atoms with van der Waals surface area (Å²) in [6, 6.07) is 13.7. The van der Waals surface area contributed by atoms with Crippen molar-refractivity contribution in [3.8, 4) is 5.69 Å². The van der Waals surface area contributed by atoms with E-state index in [1.807, 2.05) is 6.07 Å². The first-order valence-electron chi connectivity index (χ1n) is 8.60. The Morgan fingerprint density at radius 3 is 2.52 bits per heavy atom. The van der Waals surface area contributed by atoms with E-state index in [1.165, 1.54) is 10.8 Å². The molecule has 0 aliphatic carbocycles. The minimum atomic E-state index is -0.600. The van der Waals surface area contributed by atoms with Crippen LogP contribution in [0.15, 0.2) is 59.5 Å². The second kappa shape index (κ2) is 7.28. The molecule has 4 aromatic rings. The number of carbonyl (C=O) groups excluding carboxylic acids is 2. The van der Waals surface area contributed by atoms with Crippen LogP contribution in [-0.2, 0) is 0 Å². The smallest absolute Gasteiger partial charge is 0.265 e. The normalized spacial score (nSPS) is 10.8. The fourth-order valence-electron chi connectivity index (χ4n) is 2.92. The van der Waals surface area contributed by atoms with Crippen molar-refractivity contribution in [2.24, 2.45) is 5.73 Å². The zero-order valence-electron chi connectivity index (χ0n) is 15.2. The van der Waals surface area contributed by atoms with E-state index < -0.39 is 5.91 Å². The van der Waals surface area contributed by atoms with Crippen molar-refractivity contribution >= 4 is 39.2 Å². The van der Waals surface area contributed by atoms with Gasteiger partial charge in [-0.1, -0.05) is 23.5 Å². The second-order valence-electron chi connectivity index (χ2n) is 6.21. The summed E-state index contributed by atoms with van der Waals surface area (Å²) in [6.45, 7) is 1.76. The molecule has 2 heterocycles. The maximum absolute atomic E-state index is 12.9. The molecule has 0 aliphatic rings. The van der Waals surface area contributed by atoms with Gasteiger partial charge < -0.3 is 5.73 Å². The van der Waals surface area contributed by atoms with Crippen LogP contribution in [0.4, 0.5) is 5.13 Å². The molecule has 29 heavy (non-hydrogen) atoms. The van der Waals surface area contributed by atoms with Crippen molar-refractivity contribution in [1.82, 2.24) is 14.5 Å². The fourth-order valence-corrected chi connectivity index (χ4v) is 3.59. The topological polar surface area (TPSA) is 120 Å². The summed E-state index contributed by atoms with van der Waals surface area (Å²) in [7, 11) is 0. The highest BCUT2D eigenvalue weighted by molar-refractivity contribution is 7.17. The minimum absolute atomic E-state index is 0.174. The predicted molar refractivity (Wildman–Crippen MR) is 111 cm³/mol. The van der Waals surface area contributed by atoms with Gasteiger partial charge in [0.05, 0.1) is 22.8 Å². The second-order valence-corrected chi connectivity index (χ2v) is 7.24. The Balaban J connectivity index is 1.62. The molecular weight excluding hydrogens is 390 g/mol. The van der Waals surface area contributed by atoms with Crippen LogP contribution >= 0.6 is 11.3 Å². The van der Waals surface area contributed by atoms with Crippen LogP contribution in [0.5, 0.6) is 0 Å². The summed E-state index contributed by atoms with van der Waals surface area (Å²) in [5.74, 6) is -0.438. The molecule has 4 rings (SSSR count). The zero-order chi connectivity index (χ0) is 20.5. The van der Waals surface area contributed by atoms with Gasteiger partial charge in [-0.05, 0) is 43.3 Å². The van der Waals surface area contributed by atoms with Crippen molar-refractivity contribution in [2.75, 3.05) is 5.32 Å². The first-order chi connectivity index (χ1) is 13.9. The van der Waals surface area contributed by atoms with Gasteiger partial charge >= 0.3 is 0 Å². The van der Waals surface area contributed by atoms with Gasteiger partial charge in [-0.15, -0.1) is 0 Å². The van der Waals surface area contributed by atoms with Crippen molar-refractivity contribution < 1.29 is 9.59 Å². The van der Waals surface area contributed by atoms with Gasteiger partial charge in [-0.3, -0.25) is 24.3 Å². The Kier molecular flexibility index (Phi) is 4.65. The van der Waals surface area contributed by atoms with Gasteiger partial charge in [0, 0.05) is 5.56 Å². The van der Waals surface area contributed by atoms with Gasteiger partial charge in [0.2, 0.25) is 0 Å². The van der Waals surface area contributed by atoms with E-state index in [2.05, 4.69) is 15.3 Å². The highest BCUT2D eigenvalue weighted by Gasteiger charge is 2.13. The summed E-state index contributed by atoms with van der Waals surface area (Å²) in [5.41, 5.74) is 6.63. The molecular formula is C20H15N5O3S. The number of aromatic nitrogens is 3. The number of thiazole rings is 1. The number of carbonyl (C=O) groups is 2. The van der Waals surface area contributed by atoms with E-state index in [1.54, 1.807) is 49.4 Å². The molecule has 2 aromatic carbocycles. The Morgan fingerprint density at radius 1 is 1.10 bits per heavy atom. The van der Waals surface area contributed by atoms with E-state index in [0.717, 1.165) is 11.3 Å². The molecule has 0 fully saturated rings. The quantitative estimate of drug-likeness (QED) is 0.540. The first-order valence-corrected chi connectivity index (χ1v) is 9.41. The number of hydrogen-bond acceptors (Lipinski definition) is 6. The maximum atomic E-state index is 12.9. The van der Waals surface area contributed by atoms with E-state index >= 15 is 0 Å². The van der Waals surface area contributed by atoms with Gasteiger partial charge in [-0.25, -0.2) is 9.97 Å². The summed E-state index contributed by atoms with van der Waals surface area (Å²) >= 11 is 0.998. The van der Waals surface area contributed by atoms with E-state index in [0.29, 0.717) is 28.0 Å². The van der Waals surface area contributed by atoms with Crippen LogP contribution in [0, 0.1) is 6.92 Å². The lowest BCUT2D eigenvalue weighted by Crippen LogP contribution is -2.22. The number of benzene rings is 2. The molecule has 2 aromatic heterocycles. The van der Waals surface area contributed by atoms with Crippen LogP contribution in [0.25, 0.3) is 16.6 Å².